The van der Waals surface area contributed by atoms with E-state index in [4.69, 9.17) is 9.84 Å². The molecule has 168 valence electrons. The molecule has 0 bridgehead atoms. The molecule has 1 fully saturated rings. The molecule has 1 aromatic heterocycles. The molecule has 0 aliphatic heterocycles. The van der Waals surface area contributed by atoms with Crippen molar-refractivity contribution in [2.45, 2.75) is 44.7 Å². The monoisotopic (exact) mass is 426 g/mol. The Kier molecular flexibility index (Phi) is 8.32. The van der Waals surface area contributed by atoms with Crippen molar-refractivity contribution in [2.24, 2.45) is 4.99 Å². The fourth-order valence-corrected chi connectivity index (χ4v) is 3.60. The van der Waals surface area contributed by atoms with E-state index >= 15 is 0 Å². The lowest BCUT2D eigenvalue weighted by Gasteiger charge is -2.15. The SMILES string of the molecule is COc1ccc(CCNC(=NCc2ccn(C3CCCC3)n2)NCC(=O)N(C)C)cc1. The average Bonchev–Trinajstić information content (AvgIpc) is 3.47. The van der Waals surface area contributed by atoms with E-state index in [9.17, 15) is 4.79 Å². The van der Waals surface area contributed by atoms with Crippen molar-refractivity contribution in [3.63, 3.8) is 0 Å². The molecule has 2 aromatic rings. The fraction of sp³-hybridized carbons (Fsp3) is 0.522. The zero-order chi connectivity index (χ0) is 22.1. The van der Waals surface area contributed by atoms with Gasteiger partial charge in [0.2, 0.25) is 5.91 Å². The molecule has 1 amide bonds. The third kappa shape index (κ3) is 7.01. The van der Waals surface area contributed by atoms with Gasteiger partial charge in [-0.1, -0.05) is 25.0 Å². The molecule has 1 aliphatic rings. The number of carbonyl (C=O) groups is 1. The number of carbonyl (C=O) groups excluding carboxylic acids is 1. The molecule has 8 heteroatoms. The Balaban J connectivity index is 1.57. The smallest absolute Gasteiger partial charge is 0.241 e. The van der Waals surface area contributed by atoms with Gasteiger partial charge in [0.1, 0.15) is 5.75 Å². The summed E-state index contributed by atoms with van der Waals surface area (Å²) in [4.78, 5) is 18.2. The lowest BCUT2D eigenvalue weighted by Crippen LogP contribution is -2.43. The third-order valence-corrected chi connectivity index (χ3v) is 5.53. The number of aromatic nitrogens is 2. The van der Waals surface area contributed by atoms with E-state index in [-0.39, 0.29) is 12.5 Å². The van der Waals surface area contributed by atoms with Crippen LogP contribution in [0.25, 0.3) is 0 Å². The first-order valence-corrected chi connectivity index (χ1v) is 10.9. The van der Waals surface area contributed by atoms with Crippen LogP contribution in [0.15, 0.2) is 41.5 Å². The van der Waals surface area contributed by atoms with Crippen molar-refractivity contribution < 1.29 is 9.53 Å². The molecule has 0 unspecified atom stereocenters. The van der Waals surface area contributed by atoms with Gasteiger partial charge in [-0.2, -0.15) is 5.10 Å². The van der Waals surface area contributed by atoms with Gasteiger partial charge in [-0.05, 0) is 43.0 Å². The lowest BCUT2D eigenvalue weighted by molar-refractivity contribution is -0.127. The Morgan fingerprint density at radius 3 is 2.61 bits per heavy atom. The molecule has 0 radical (unpaired) electrons. The number of ether oxygens (including phenoxy) is 1. The van der Waals surface area contributed by atoms with Crippen molar-refractivity contribution in [2.75, 3.05) is 34.3 Å². The van der Waals surface area contributed by atoms with Gasteiger partial charge in [0.05, 0.1) is 31.9 Å². The van der Waals surface area contributed by atoms with Crippen LogP contribution in [0.5, 0.6) is 5.75 Å². The summed E-state index contributed by atoms with van der Waals surface area (Å²) < 4.78 is 7.29. The number of methoxy groups -OCH3 is 1. The van der Waals surface area contributed by atoms with Crippen LogP contribution in [0.3, 0.4) is 0 Å². The van der Waals surface area contributed by atoms with Crippen LogP contribution in [0.4, 0.5) is 0 Å². The molecule has 31 heavy (non-hydrogen) atoms. The highest BCUT2D eigenvalue weighted by Crippen LogP contribution is 2.28. The van der Waals surface area contributed by atoms with Gasteiger partial charge < -0.3 is 20.3 Å². The van der Waals surface area contributed by atoms with E-state index < -0.39 is 0 Å². The number of hydrogen-bond acceptors (Lipinski definition) is 4. The number of nitrogens with one attached hydrogen (secondary N) is 2. The number of guanidine groups is 1. The van der Waals surface area contributed by atoms with Crippen molar-refractivity contribution >= 4 is 11.9 Å². The van der Waals surface area contributed by atoms with Gasteiger partial charge in [0.15, 0.2) is 5.96 Å². The quantitative estimate of drug-likeness (QED) is 0.475. The van der Waals surface area contributed by atoms with Gasteiger partial charge in [0.25, 0.3) is 0 Å². The van der Waals surface area contributed by atoms with E-state index in [0.29, 0.717) is 25.1 Å². The summed E-state index contributed by atoms with van der Waals surface area (Å²) in [5.74, 6) is 1.45. The molecule has 1 saturated carbocycles. The summed E-state index contributed by atoms with van der Waals surface area (Å²) in [6, 6.07) is 10.6. The van der Waals surface area contributed by atoms with Crippen LogP contribution in [-0.2, 0) is 17.8 Å². The first-order chi connectivity index (χ1) is 15.0. The van der Waals surface area contributed by atoms with Gasteiger partial charge in [-0.25, -0.2) is 4.99 Å². The number of benzene rings is 1. The second-order valence-corrected chi connectivity index (χ2v) is 8.06. The summed E-state index contributed by atoms with van der Waals surface area (Å²) in [5, 5.41) is 11.2. The molecule has 2 N–H and O–H groups in total. The van der Waals surface area contributed by atoms with Crippen molar-refractivity contribution in [3.05, 3.63) is 47.8 Å². The van der Waals surface area contributed by atoms with Crippen LogP contribution in [-0.4, -0.2) is 60.8 Å². The second kappa shape index (κ2) is 11.4. The molecule has 0 saturated heterocycles. The number of hydrogen-bond donors (Lipinski definition) is 2. The van der Waals surface area contributed by atoms with Crippen LogP contribution in [0, 0.1) is 0 Å². The predicted octanol–water partition coefficient (Wildman–Crippen LogP) is 2.37. The summed E-state index contributed by atoms with van der Waals surface area (Å²) in [6.45, 7) is 1.36. The van der Waals surface area contributed by atoms with Crippen LogP contribution < -0.4 is 15.4 Å². The summed E-state index contributed by atoms with van der Waals surface area (Å²) in [6.07, 6.45) is 7.87. The highest BCUT2D eigenvalue weighted by Gasteiger charge is 2.17. The Bertz CT molecular complexity index is 853. The van der Waals surface area contributed by atoms with E-state index in [1.54, 1.807) is 26.1 Å². The van der Waals surface area contributed by atoms with Crippen LogP contribution in [0.2, 0.25) is 0 Å². The van der Waals surface area contributed by atoms with Gasteiger partial charge in [0, 0.05) is 26.8 Å². The van der Waals surface area contributed by atoms with E-state index in [1.165, 1.54) is 31.2 Å². The number of rotatable bonds is 9. The lowest BCUT2D eigenvalue weighted by atomic mass is 10.1. The topological polar surface area (TPSA) is 83.8 Å². The molecule has 8 nitrogen and oxygen atoms in total. The van der Waals surface area contributed by atoms with Crippen LogP contribution in [0.1, 0.15) is 43.0 Å². The van der Waals surface area contributed by atoms with Crippen LogP contribution >= 0.6 is 0 Å². The highest BCUT2D eigenvalue weighted by atomic mass is 16.5. The van der Waals surface area contributed by atoms with Crippen molar-refractivity contribution in [1.29, 1.82) is 0 Å². The predicted molar refractivity (Wildman–Crippen MR) is 122 cm³/mol. The molecule has 3 rings (SSSR count). The number of nitrogens with zero attached hydrogens (tertiary/aromatic N) is 4. The summed E-state index contributed by atoms with van der Waals surface area (Å²) in [7, 11) is 5.15. The second-order valence-electron chi connectivity index (χ2n) is 8.06. The normalized spacial score (nSPS) is 14.5. The maximum Gasteiger partial charge on any atom is 0.241 e. The Morgan fingerprint density at radius 1 is 1.19 bits per heavy atom. The summed E-state index contributed by atoms with van der Waals surface area (Å²) in [5.41, 5.74) is 2.13. The largest absolute Gasteiger partial charge is 0.497 e. The van der Waals surface area contributed by atoms with Gasteiger partial charge in [-0.3, -0.25) is 9.48 Å². The number of amides is 1. The van der Waals surface area contributed by atoms with E-state index in [2.05, 4.69) is 38.6 Å². The fourth-order valence-electron chi connectivity index (χ4n) is 3.60. The zero-order valence-electron chi connectivity index (χ0n) is 18.8. The minimum Gasteiger partial charge on any atom is -0.497 e. The summed E-state index contributed by atoms with van der Waals surface area (Å²) >= 11 is 0. The van der Waals surface area contributed by atoms with E-state index in [0.717, 1.165) is 17.9 Å². The van der Waals surface area contributed by atoms with Gasteiger partial charge in [-0.15, -0.1) is 0 Å². The first-order valence-electron chi connectivity index (χ1n) is 10.9. The standard InChI is InChI=1S/C23H34N6O2/c1-28(2)22(30)17-26-23(24-14-12-18-8-10-21(31-3)11-9-18)25-16-19-13-15-29(27-19)20-6-4-5-7-20/h8-11,13,15,20H,4-7,12,14,16-17H2,1-3H3,(H2,24,25,26). The average molecular weight is 427 g/mol. The molecule has 0 atom stereocenters. The highest BCUT2D eigenvalue weighted by molar-refractivity contribution is 5.86. The van der Waals surface area contributed by atoms with E-state index in [1.807, 2.05) is 18.2 Å². The maximum absolute atomic E-state index is 12.0. The number of aliphatic imine (C=N–C) groups is 1. The van der Waals surface area contributed by atoms with Crippen molar-refractivity contribution in [3.8, 4) is 5.75 Å². The molecule has 1 aliphatic carbocycles. The van der Waals surface area contributed by atoms with Crippen molar-refractivity contribution in [1.82, 2.24) is 25.3 Å². The minimum atomic E-state index is -0.00448. The number of likely N-dealkylation sites (N-methyl/N-ethyl adjacent to an activating group) is 1. The molecular formula is C23H34N6O2. The third-order valence-electron chi connectivity index (χ3n) is 5.53. The molecule has 1 heterocycles. The molecular weight excluding hydrogens is 392 g/mol. The van der Waals surface area contributed by atoms with Gasteiger partial charge >= 0.3 is 0 Å². The zero-order valence-corrected chi connectivity index (χ0v) is 18.8. The minimum absolute atomic E-state index is 0.00448. The molecule has 0 spiro atoms. The first kappa shape index (κ1) is 22.7. The molecule has 1 aromatic carbocycles. The maximum atomic E-state index is 12.0. The Hall–Kier alpha value is -3.03. The Labute approximate surface area is 184 Å². The Morgan fingerprint density at radius 2 is 1.94 bits per heavy atom.